The summed E-state index contributed by atoms with van der Waals surface area (Å²) in [7, 11) is -9.94. The van der Waals surface area contributed by atoms with Crippen LogP contribution in [0.2, 0.25) is 0 Å². The standard InChI is InChI=1S/C91H178O17P2/c1-8-9-10-11-12-13-14-15-16-17-18-19-23-29-34-39-44-51-58-65-72-88(93)101-78-86(107-90(95)74-67-60-52-45-40-35-30-24-21-20-22-27-32-37-42-48-55-62-69-82(2)3)80-105-109(97,98)103-76-85(92)77-104-110(99,100)106-81-87(79-102-89(94)73-66-59-54-47-50-57-64-71-84(6)7)108-91(96)75-68-61-53-46-41-36-31-26-25-28-33-38-43-49-56-63-70-83(4)5/h82-87,92H,8-81H2,1-7H3,(H,97,98)(H,99,100)/t85-,86-,87-/m1/s1. The van der Waals surface area contributed by atoms with E-state index in [1.807, 2.05) is 0 Å². The Morgan fingerprint density at radius 3 is 0.618 bits per heavy atom. The SMILES string of the molecule is CCCCCCCCCCCCCCCCCCCCCCC(=O)OC[C@H](COP(=O)(O)OC[C@@H](O)COP(=O)(O)OC[C@@H](COC(=O)CCCCCCCCCC(C)C)OC(=O)CCCCCCCCCCCCCCCCCCC(C)C)OC(=O)CCCCCCCCCCCCCCCCCCCCC(C)C. The van der Waals surface area contributed by atoms with Gasteiger partial charge in [-0.1, -0.05) is 434 Å². The lowest BCUT2D eigenvalue weighted by molar-refractivity contribution is -0.161. The van der Waals surface area contributed by atoms with E-state index in [0.29, 0.717) is 31.6 Å². The van der Waals surface area contributed by atoms with Crippen LogP contribution in [0.1, 0.15) is 485 Å². The molecule has 0 aliphatic heterocycles. The van der Waals surface area contributed by atoms with E-state index in [4.69, 9.17) is 37.0 Å². The maximum absolute atomic E-state index is 13.2. The first-order chi connectivity index (χ1) is 53.2. The van der Waals surface area contributed by atoms with E-state index in [0.717, 1.165) is 108 Å². The fourth-order valence-electron chi connectivity index (χ4n) is 14.3. The van der Waals surface area contributed by atoms with E-state index in [9.17, 15) is 43.2 Å². The third-order valence-electron chi connectivity index (χ3n) is 21.4. The van der Waals surface area contributed by atoms with E-state index in [1.54, 1.807) is 0 Å². The number of phosphoric ester groups is 2. The molecule has 0 spiro atoms. The monoisotopic (exact) mass is 1610 g/mol. The Kier molecular flexibility index (Phi) is 79.4. The van der Waals surface area contributed by atoms with Crippen LogP contribution in [-0.2, 0) is 65.4 Å². The van der Waals surface area contributed by atoms with Gasteiger partial charge in [0.05, 0.1) is 26.4 Å². The Morgan fingerprint density at radius 1 is 0.245 bits per heavy atom. The first kappa shape index (κ1) is 108. The molecule has 3 N–H and O–H groups in total. The Balaban J connectivity index is 5.22. The number of hydrogen-bond acceptors (Lipinski definition) is 15. The van der Waals surface area contributed by atoms with Gasteiger partial charge in [-0.3, -0.25) is 37.3 Å². The third kappa shape index (κ3) is 84.0. The van der Waals surface area contributed by atoms with Crippen LogP contribution in [0, 0.1) is 17.8 Å². The van der Waals surface area contributed by atoms with Crippen LogP contribution in [0.25, 0.3) is 0 Å². The van der Waals surface area contributed by atoms with Crippen molar-refractivity contribution in [1.82, 2.24) is 0 Å². The summed E-state index contributed by atoms with van der Waals surface area (Å²) in [5.74, 6) is 0.234. The molecule has 0 amide bonds. The Labute approximate surface area is 677 Å². The summed E-state index contributed by atoms with van der Waals surface area (Å²) in [5.41, 5.74) is 0. The molecule has 0 radical (unpaired) electrons. The van der Waals surface area contributed by atoms with Crippen molar-refractivity contribution < 1.29 is 80.2 Å². The maximum Gasteiger partial charge on any atom is 0.472 e. The maximum atomic E-state index is 13.2. The molecule has 17 nitrogen and oxygen atoms in total. The fraction of sp³-hybridized carbons (Fsp3) is 0.956. The molecule has 0 fully saturated rings. The molecule has 654 valence electrons. The molecule has 2 unspecified atom stereocenters. The molecule has 0 saturated heterocycles. The van der Waals surface area contributed by atoms with Crippen LogP contribution in [0.5, 0.6) is 0 Å². The van der Waals surface area contributed by atoms with Crippen LogP contribution >= 0.6 is 15.6 Å². The van der Waals surface area contributed by atoms with Crippen LogP contribution < -0.4 is 0 Å². The van der Waals surface area contributed by atoms with Gasteiger partial charge in [-0.25, -0.2) is 9.13 Å². The lowest BCUT2D eigenvalue weighted by atomic mass is 10.0. The Morgan fingerprint density at radius 2 is 0.418 bits per heavy atom. The van der Waals surface area contributed by atoms with Crippen LogP contribution in [0.15, 0.2) is 0 Å². The topological polar surface area (TPSA) is 237 Å². The first-order valence-corrected chi connectivity index (χ1v) is 49.8. The van der Waals surface area contributed by atoms with Crippen molar-refractivity contribution in [2.45, 2.75) is 503 Å². The number of unbranched alkanes of at least 4 members (excludes halogenated alkanes) is 57. The first-order valence-electron chi connectivity index (χ1n) is 46.8. The number of carbonyl (C=O) groups excluding carboxylic acids is 4. The number of phosphoric acid groups is 2. The van der Waals surface area contributed by atoms with Crippen molar-refractivity contribution in [3.63, 3.8) is 0 Å². The van der Waals surface area contributed by atoms with Crippen LogP contribution in [0.3, 0.4) is 0 Å². The Hall–Kier alpha value is -1.94. The molecule has 0 aliphatic carbocycles. The third-order valence-corrected chi connectivity index (χ3v) is 23.3. The number of esters is 4. The van der Waals surface area contributed by atoms with Gasteiger partial charge in [-0.2, -0.15) is 0 Å². The van der Waals surface area contributed by atoms with Crippen molar-refractivity contribution in [2.75, 3.05) is 39.6 Å². The lowest BCUT2D eigenvalue weighted by Gasteiger charge is -2.21. The summed E-state index contributed by atoms with van der Waals surface area (Å²) in [4.78, 5) is 73.4. The molecule has 0 bridgehead atoms. The van der Waals surface area contributed by atoms with Gasteiger partial charge in [0.15, 0.2) is 12.2 Å². The zero-order chi connectivity index (χ0) is 80.8. The molecule has 19 heteroatoms. The molecule has 0 aliphatic rings. The summed E-state index contributed by atoms with van der Waals surface area (Å²) in [6.07, 6.45) is 73.9. The summed E-state index contributed by atoms with van der Waals surface area (Å²) in [6.45, 7) is 12.0. The van der Waals surface area contributed by atoms with Gasteiger partial charge in [-0.15, -0.1) is 0 Å². The second-order valence-electron chi connectivity index (χ2n) is 34.1. The quantitative estimate of drug-likeness (QED) is 0.0222. The van der Waals surface area contributed by atoms with Gasteiger partial charge < -0.3 is 33.8 Å². The molecular formula is C91H178O17P2. The van der Waals surface area contributed by atoms with E-state index < -0.39 is 97.5 Å². The summed E-state index contributed by atoms with van der Waals surface area (Å²) < 4.78 is 69.0. The fourth-order valence-corrected chi connectivity index (χ4v) is 15.8. The minimum Gasteiger partial charge on any atom is -0.462 e. The zero-order valence-electron chi connectivity index (χ0n) is 72.7. The van der Waals surface area contributed by atoms with Crippen LogP contribution in [0.4, 0.5) is 0 Å². The Bertz CT molecular complexity index is 2110. The zero-order valence-corrected chi connectivity index (χ0v) is 74.5. The van der Waals surface area contributed by atoms with Gasteiger partial charge in [0, 0.05) is 25.7 Å². The molecule has 0 aromatic carbocycles. The molecule has 0 rings (SSSR count). The second-order valence-corrected chi connectivity index (χ2v) is 37.0. The average Bonchev–Trinajstić information content (AvgIpc) is 0.901. The predicted octanol–water partition coefficient (Wildman–Crippen LogP) is 28.0. The largest absolute Gasteiger partial charge is 0.472 e. The van der Waals surface area contributed by atoms with Crippen molar-refractivity contribution in [3.05, 3.63) is 0 Å². The highest BCUT2D eigenvalue weighted by molar-refractivity contribution is 7.47. The summed E-state index contributed by atoms with van der Waals surface area (Å²) in [6, 6.07) is 0. The van der Waals surface area contributed by atoms with Gasteiger partial charge in [0.1, 0.15) is 19.3 Å². The van der Waals surface area contributed by atoms with Gasteiger partial charge in [0.25, 0.3) is 0 Å². The average molecular weight is 1610 g/mol. The minimum atomic E-state index is -4.97. The van der Waals surface area contributed by atoms with Gasteiger partial charge >= 0.3 is 39.5 Å². The number of hydrogen-bond donors (Lipinski definition) is 3. The van der Waals surface area contributed by atoms with Crippen molar-refractivity contribution in [3.8, 4) is 0 Å². The van der Waals surface area contributed by atoms with Gasteiger partial charge in [0.2, 0.25) is 0 Å². The van der Waals surface area contributed by atoms with Crippen molar-refractivity contribution >= 4 is 39.5 Å². The highest BCUT2D eigenvalue weighted by Crippen LogP contribution is 2.45. The van der Waals surface area contributed by atoms with Gasteiger partial charge in [-0.05, 0) is 43.4 Å². The van der Waals surface area contributed by atoms with Crippen molar-refractivity contribution in [1.29, 1.82) is 0 Å². The van der Waals surface area contributed by atoms with E-state index in [2.05, 4.69) is 48.5 Å². The number of rotatable bonds is 89. The van der Waals surface area contributed by atoms with E-state index in [-0.39, 0.29) is 25.7 Å². The number of aliphatic hydroxyl groups excluding tert-OH is 1. The van der Waals surface area contributed by atoms with E-state index in [1.165, 1.54) is 289 Å². The minimum absolute atomic E-state index is 0.107. The molecule has 5 atom stereocenters. The predicted molar refractivity (Wildman–Crippen MR) is 455 cm³/mol. The normalized spacial score (nSPS) is 13.8. The molecule has 0 heterocycles. The number of ether oxygens (including phenoxy) is 4. The molecule has 0 saturated carbocycles. The number of aliphatic hydroxyl groups is 1. The second kappa shape index (κ2) is 80.8. The van der Waals surface area contributed by atoms with Crippen LogP contribution in [-0.4, -0.2) is 96.7 Å². The summed E-state index contributed by atoms with van der Waals surface area (Å²) >= 11 is 0. The van der Waals surface area contributed by atoms with Crippen molar-refractivity contribution in [2.24, 2.45) is 17.8 Å². The summed E-state index contributed by atoms with van der Waals surface area (Å²) in [5, 5.41) is 10.7. The molecule has 110 heavy (non-hydrogen) atoms. The molecular weight excluding hydrogens is 1430 g/mol. The molecule has 0 aromatic heterocycles. The lowest BCUT2D eigenvalue weighted by Crippen LogP contribution is -2.30. The highest BCUT2D eigenvalue weighted by Gasteiger charge is 2.31. The molecule has 0 aromatic rings. The number of carbonyl (C=O) groups is 4. The van der Waals surface area contributed by atoms with E-state index >= 15 is 0 Å². The smallest absolute Gasteiger partial charge is 0.462 e. The highest BCUT2D eigenvalue weighted by atomic mass is 31.2.